The van der Waals surface area contributed by atoms with Crippen molar-refractivity contribution in [2.24, 2.45) is 0 Å². The standard InChI is InChI=1S/C39H42O14/c1-22(40)46-32-31(28-26(47-37(32)43-4)20-44-36(50-28)25-18-12-7-13-19-25)52-38-33(49-35(42)24-16-10-6-11-17-24)30(48-34(41)23-14-8-5-9-15-23)29(51-38)27-21-45-39(2,3)53-27/h5-19,26-33,36-38H,20-21H2,1-4H3/t26-,27-,28-,29+,30+,31+,32+,33-,36-,37+,38+/m1/s1. The zero-order chi connectivity index (χ0) is 37.1. The van der Waals surface area contributed by atoms with Crippen LogP contribution < -0.4 is 0 Å². The molecule has 0 amide bonds. The first-order valence-electron chi connectivity index (χ1n) is 17.4. The van der Waals surface area contributed by atoms with Crippen LogP contribution in [0.1, 0.15) is 53.3 Å². The third-order valence-electron chi connectivity index (χ3n) is 9.29. The molecule has 0 N–H and O–H groups in total. The average molecular weight is 735 g/mol. The Labute approximate surface area is 306 Å². The SMILES string of the molecule is CO[C@H]1O[C@@H]2CO[C@@H](c3ccccc3)O[C@H]2[C@H](O[C@@H]2O[C@@H]([C@H]3COC(C)(C)O3)[C@H](OC(=O)c3ccccc3)[C@H]2OC(=O)c2ccccc2)[C@@H]1OC(C)=O. The molecule has 0 aliphatic carbocycles. The molecular formula is C39H42O14. The first-order chi connectivity index (χ1) is 25.6. The van der Waals surface area contributed by atoms with E-state index in [1.807, 2.05) is 30.3 Å². The van der Waals surface area contributed by atoms with Crippen LogP contribution in [0.25, 0.3) is 0 Å². The van der Waals surface area contributed by atoms with Gasteiger partial charge in [-0.15, -0.1) is 0 Å². The highest BCUT2D eigenvalue weighted by Crippen LogP contribution is 2.41. The van der Waals surface area contributed by atoms with E-state index in [0.29, 0.717) is 0 Å². The van der Waals surface area contributed by atoms with Gasteiger partial charge in [-0.05, 0) is 38.1 Å². The molecule has 11 atom stereocenters. The number of benzene rings is 3. The second-order valence-corrected chi connectivity index (χ2v) is 13.4. The quantitative estimate of drug-likeness (QED) is 0.217. The topological polar surface area (TPSA) is 153 Å². The summed E-state index contributed by atoms with van der Waals surface area (Å²) in [7, 11) is 1.40. The molecule has 14 heteroatoms. The predicted molar refractivity (Wildman–Crippen MR) is 181 cm³/mol. The van der Waals surface area contributed by atoms with Gasteiger partial charge in [-0.25, -0.2) is 9.59 Å². The molecule has 0 unspecified atom stereocenters. The fourth-order valence-electron chi connectivity index (χ4n) is 6.87. The molecule has 0 bridgehead atoms. The van der Waals surface area contributed by atoms with Crippen LogP contribution in [0, 0.1) is 0 Å². The van der Waals surface area contributed by atoms with E-state index in [-0.39, 0.29) is 24.3 Å². The summed E-state index contributed by atoms with van der Waals surface area (Å²) >= 11 is 0. The summed E-state index contributed by atoms with van der Waals surface area (Å²) in [6.45, 7) is 4.90. The second kappa shape index (κ2) is 16.0. The number of carbonyl (C=O) groups excluding carboxylic acids is 3. The van der Waals surface area contributed by atoms with Crippen LogP contribution in [0.15, 0.2) is 91.0 Å². The van der Waals surface area contributed by atoms with Gasteiger partial charge in [-0.2, -0.15) is 0 Å². The van der Waals surface area contributed by atoms with Crippen LogP contribution in [-0.2, 0) is 56.9 Å². The summed E-state index contributed by atoms with van der Waals surface area (Å²) in [6, 6.07) is 26.0. The second-order valence-electron chi connectivity index (χ2n) is 13.4. The number of esters is 3. The number of fused-ring (bicyclic) bond motifs is 1. The predicted octanol–water partition coefficient (Wildman–Crippen LogP) is 4.12. The number of hydrogen-bond donors (Lipinski definition) is 0. The minimum absolute atomic E-state index is 0.0755. The van der Waals surface area contributed by atoms with Gasteiger partial charge >= 0.3 is 17.9 Å². The fraction of sp³-hybridized carbons (Fsp3) is 0.462. The van der Waals surface area contributed by atoms with Crippen molar-refractivity contribution in [3.8, 4) is 0 Å². The highest BCUT2D eigenvalue weighted by Gasteiger charge is 2.60. The number of rotatable bonds is 10. The Morgan fingerprint density at radius 3 is 1.77 bits per heavy atom. The summed E-state index contributed by atoms with van der Waals surface area (Å²) in [4.78, 5) is 39.9. The zero-order valence-corrected chi connectivity index (χ0v) is 29.6. The molecular weight excluding hydrogens is 692 g/mol. The van der Waals surface area contributed by atoms with Gasteiger partial charge in [-0.1, -0.05) is 66.7 Å². The lowest BCUT2D eigenvalue weighted by Gasteiger charge is -2.48. The van der Waals surface area contributed by atoms with Crippen molar-refractivity contribution in [1.82, 2.24) is 0 Å². The normalized spacial score (nSPS) is 33.4. The van der Waals surface area contributed by atoms with Crippen molar-refractivity contribution < 1.29 is 66.5 Å². The van der Waals surface area contributed by atoms with Crippen LogP contribution >= 0.6 is 0 Å². The molecule has 4 heterocycles. The number of carbonyl (C=O) groups is 3. The van der Waals surface area contributed by atoms with E-state index < -0.39 is 91.4 Å². The van der Waals surface area contributed by atoms with Crippen molar-refractivity contribution >= 4 is 17.9 Å². The maximum absolute atomic E-state index is 13.7. The van der Waals surface area contributed by atoms with E-state index in [0.717, 1.165) is 5.56 Å². The zero-order valence-electron chi connectivity index (χ0n) is 29.6. The molecule has 4 saturated heterocycles. The number of methoxy groups -OCH3 is 1. The van der Waals surface area contributed by atoms with Gasteiger partial charge in [-0.3, -0.25) is 4.79 Å². The third-order valence-corrected chi connectivity index (χ3v) is 9.29. The van der Waals surface area contributed by atoms with Gasteiger partial charge in [0.05, 0.1) is 24.3 Å². The summed E-state index contributed by atoms with van der Waals surface area (Å²) in [5.41, 5.74) is 1.25. The maximum atomic E-state index is 13.7. The van der Waals surface area contributed by atoms with Gasteiger partial charge in [0.1, 0.15) is 30.5 Å². The monoisotopic (exact) mass is 734 g/mol. The van der Waals surface area contributed by atoms with Gasteiger partial charge in [0.25, 0.3) is 0 Å². The maximum Gasteiger partial charge on any atom is 0.338 e. The first-order valence-corrected chi connectivity index (χ1v) is 17.4. The smallest absolute Gasteiger partial charge is 0.338 e. The van der Waals surface area contributed by atoms with Crippen LogP contribution in [0.4, 0.5) is 0 Å². The van der Waals surface area contributed by atoms with Crippen molar-refractivity contribution in [3.05, 3.63) is 108 Å². The molecule has 4 aliphatic rings. The number of ether oxygens (including phenoxy) is 11. The molecule has 14 nitrogen and oxygen atoms in total. The molecule has 282 valence electrons. The van der Waals surface area contributed by atoms with E-state index in [1.54, 1.807) is 74.5 Å². The Bertz CT molecular complexity index is 1700. The summed E-state index contributed by atoms with van der Waals surface area (Å²) in [5.74, 6) is -3.03. The van der Waals surface area contributed by atoms with Crippen molar-refractivity contribution in [3.63, 3.8) is 0 Å². The minimum atomic E-state index is -1.42. The van der Waals surface area contributed by atoms with Crippen molar-refractivity contribution in [2.45, 2.75) is 94.3 Å². The molecule has 3 aromatic rings. The first kappa shape index (κ1) is 37.1. The highest BCUT2D eigenvalue weighted by atomic mass is 16.8. The Balaban J connectivity index is 1.26. The minimum Gasteiger partial charge on any atom is -0.454 e. The molecule has 0 aromatic heterocycles. The Hall–Kier alpha value is -4.25. The molecule has 53 heavy (non-hydrogen) atoms. The van der Waals surface area contributed by atoms with E-state index in [4.69, 9.17) is 52.1 Å². The van der Waals surface area contributed by atoms with Crippen LogP contribution in [0.5, 0.6) is 0 Å². The average Bonchev–Trinajstić information content (AvgIpc) is 3.70. The van der Waals surface area contributed by atoms with Gasteiger partial charge in [0.15, 0.2) is 43.0 Å². The molecule has 0 spiro atoms. The van der Waals surface area contributed by atoms with Gasteiger partial charge in [0.2, 0.25) is 0 Å². The van der Waals surface area contributed by atoms with Crippen molar-refractivity contribution in [1.29, 1.82) is 0 Å². The fourth-order valence-corrected chi connectivity index (χ4v) is 6.87. The summed E-state index contributed by atoms with van der Waals surface area (Å²) < 4.78 is 67.7. The molecule has 7 rings (SSSR count). The van der Waals surface area contributed by atoms with E-state index in [2.05, 4.69) is 0 Å². The van der Waals surface area contributed by atoms with E-state index in [1.165, 1.54) is 14.0 Å². The van der Waals surface area contributed by atoms with E-state index >= 15 is 0 Å². The Kier molecular flexibility index (Phi) is 11.2. The van der Waals surface area contributed by atoms with Crippen LogP contribution in [0.3, 0.4) is 0 Å². The molecule has 0 radical (unpaired) electrons. The molecule has 4 aliphatic heterocycles. The molecule has 3 aromatic carbocycles. The summed E-state index contributed by atoms with van der Waals surface area (Å²) in [5, 5.41) is 0. The van der Waals surface area contributed by atoms with Crippen LogP contribution in [-0.4, -0.2) is 105 Å². The molecule has 4 fully saturated rings. The molecule has 0 saturated carbocycles. The van der Waals surface area contributed by atoms with Crippen molar-refractivity contribution in [2.75, 3.05) is 20.3 Å². The van der Waals surface area contributed by atoms with Gasteiger partial charge < -0.3 is 52.1 Å². The third kappa shape index (κ3) is 8.30. The Morgan fingerprint density at radius 1 is 0.642 bits per heavy atom. The summed E-state index contributed by atoms with van der Waals surface area (Å²) in [6.07, 6.45) is -11.7. The van der Waals surface area contributed by atoms with Gasteiger partial charge in [0, 0.05) is 19.6 Å². The lowest BCUT2D eigenvalue weighted by molar-refractivity contribution is -0.377. The van der Waals surface area contributed by atoms with E-state index in [9.17, 15) is 14.4 Å². The largest absolute Gasteiger partial charge is 0.454 e. The highest BCUT2D eigenvalue weighted by molar-refractivity contribution is 5.90. The van der Waals surface area contributed by atoms with Crippen LogP contribution in [0.2, 0.25) is 0 Å². The lowest BCUT2D eigenvalue weighted by atomic mass is 9.97. The lowest BCUT2D eigenvalue weighted by Crippen LogP contribution is -2.64. The number of hydrogen-bond acceptors (Lipinski definition) is 14. The Morgan fingerprint density at radius 2 is 1.21 bits per heavy atom.